The molecule has 26 heavy (non-hydrogen) atoms. The van der Waals surface area contributed by atoms with Crippen LogP contribution >= 0.6 is 0 Å². The Morgan fingerprint density at radius 2 is 1.96 bits per heavy atom. The first kappa shape index (κ1) is 19.2. The van der Waals surface area contributed by atoms with Crippen molar-refractivity contribution in [2.45, 2.75) is 64.3 Å². The Hall–Kier alpha value is -1.59. The summed E-state index contributed by atoms with van der Waals surface area (Å²) < 4.78 is 6.09. The largest absolute Gasteiger partial charge is 0.465 e. The van der Waals surface area contributed by atoms with Gasteiger partial charge in [-0.1, -0.05) is 30.3 Å². The SMILES string of the molecule is CC(C)(C)N(C(=O)O)C1CN(Cc2ccccc2)CC1C1CCCCO1. The first-order valence-electron chi connectivity index (χ1n) is 9.76. The minimum atomic E-state index is -0.829. The predicted octanol–water partition coefficient (Wildman–Crippen LogP) is 3.83. The molecule has 5 nitrogen and oxygen atoms in total. The zero-order valence-corrected chi connectivity index (χ0v) is 16.2. The molecule has 2 heterocycles. The lowest BCUT2D eigenvalue weighted by molar-refractivity contribution is -0.0426. The molecule has 3 unspecified atom stereocenters. The summed E-state index contributed by atoms with van der Waals surface area (Å²) in [5.74, 6) is 0.231. The average Bonchev–Trinajstić information content (AvgIpc) is 2.98. The molecule has 1 amide bonds. The van der Waals surface area contributed by atoms with Crippen molar-refractivity contribution in [2.24, 2.45) is 5.92 Å². The highest BCUT2D eigenvalue weighted by Gasteiger charge is 2.46. The van der Waals surface area contributed by atoms with Gasteiger partial charge in [0.25, 0.3) is 0 Å². The highest BCUT2D eigenvalue weighted by molar-refractivity contribution is 5.66. The summed E-state index contributed by atoms with van der Waals surface area (Å²) in [5, 5.41) is 9.93. The first-order chi connectivity index (χ1) is 12.4. The van der Waals surface area contributed by atoms with Crippen LogP contribution in [0.15, 0.2) is 30.3 Å². The van der Waals surface area contributed by atoms with Crippen molar-refractivity contribution >= 4 is 6.09 Å². The number of benzene rings is 1. The number of likely N-dealkylation sites (tertiary alicyclic amines) is 1. The number of hydrogen-bond donors (Lipinski definition) is 1. The monoisotopic (exact) mass is 360 g/mol. The third-order valence-corrected chi connectivity index (χ3v) is 5.61. The van der Waals surface area contributed by atoms with Gasteiger partial charge in [0.1, 0.15) is 0 Å². The maximum atomic E-state index is 12.1. The highest BCUT2D eigenvalue weighted by atomic mass is 16.5. The van der Waals surface area contributed by atoms with E-state index in [1.807, 2.05) is 26.8 Å². The maximum absolute atomic E-state index is 12.1. The molecular weight excluding hydrogens is 328 g/mol. The molecule has 3 rings (SSSR count). The van der Waals surface area contributed by atoms with Crippen LogP contribution in [0.3, 0.4) is 0 Å². The lowest BCUT2D eigenvalue weighted by atomic mass is 9.88. The van der Waals surface area contributed by atoms with Gasteiger partial charge in [-0.25, -0.2) is 4.79 Å². The number of amides is 1. The van der Waals surface area contributed by atoms with E-state index >= 15 is 0 Å². The second-order valence-electron chi connectivity index (χ2n) is 8.64. The lowest BCUT2D eigenvalue weighted by Crippen LogP contribution is -2.56. The van der Waals surface area contributed by atoms with Gasteiger partial charge in [-0.3, -0.25) is 9.80 Å². The number of carboxylic acid groups (broad SMARTS) is 1. The fourth-order valence-corrected chi connectivity index (χ4v) is 4.53. The summed E-state index contributed by atoms with van der Waals surface area (Å²) in [7, 11) is 0. The van der Waals surface area contributed by atoms with Crippen LogP contribution in [0.25, 0.3) is 0 Å². The summed E-state index contributed by atoms with van der Waals surface area (Å²) in [6, 6.07) is 10.4. The van der Waals surface area contributed by atoms with Gasteiger partial charge in [0.2, 0.25) is 0 Å². The van der Waals surface area contributed by atoms with E-state index in [1.165, 1.54) is 12.0 Å². The normalized spacial score (nSPS) is 27.4. The summed E-state index contributed by atoms with van der Waals surface area (Å²) in [6.45, 7) is 9.28. The van der Waals surface area contributed by atoms with Gasteiger partial charge < -0.3 is 9.84 Å². The van der Waals surface area contributed by atoms with Gasteiger partial charge in [0.05, 0.1) is 12.1 Å². The van der Waals surface area contributed by atoms with Crippen LogP contribution in [0.5, 0.6) is 0 Å². The molecule has 1 aromatic rings. The van der Waals surface area contributed by atoms with Crippen molar-refractivity contribution in [3.05, 3.63) is 35.9 Å². The predicted molar refractivity (Wildman–Crippen MR) is 102 cm³/mol. The first-order valence-corrected chi connectivity index (χ1v) is 9.76. The lowest BCUT2D eigenvalue weighted by Gasteiger charge is -2.42. The maximum Gasteiger partial charge on any atom is 0.408 e. The Labute approximate surface area is 156 Å². The molecular formula is C21H32N2O3. The molecule has 1 aromatic carbocycles. The zero-order valence-electron chi connectivity index (χ0n) is 16.2. The fraction of sp³-hybridized carbons (Fsp3) is 0.667. The molecule has 0 radical (unpaired) electrons. The van der Waals surface area contributed by atoms with Crippen molar-refractivity contribution in [3.63, 3.8) is 0 Å². The summed E-state index contributed by atoms with van der Waals surface area (Å²) in [6.07, 6.45) is 2.67. The van der Waals surface area contributed by atoms with E-state index in [0.717, 1.165) is 39.1 Å². The molecule has 0 aromatic heterocycles. The molecule has 5 heteroatoms. The third-order valence-electron chi connectivity index (χ3n) is 5.61. The van der Waals surface area contributed by atoms with E-state index in [9.17, 15) is 9.90 Å². The van der Waals surface area contributed by atoms with Crippen LogP contribution in [0.2, 0.25) is 0 Å². The summed E-state index contributed by atoms with van der Waals surface area (Å²) in [5.41, 5.74) is 0.848. The molecule has 2 aliphatic rings. The molecule has 0 saturated carbocycles. The smallest absolute Gasteiger partial charge is 0.408 e. The average molecular weight is 360 g/mol. The number of ether oxygens (including phenoxy) is 1. The van der Waals surface area contributed by atoms with Gasteiger partial charge in [-0.15, -0.1) is 0 Å². The minimum absolute atomic E-state index is 0.0284. The molecule has 0 spiro atoms. The third kappa shape index (κ3) is 4.38. The van der Waals surface area contributed by atoms with Gasteiger partial charge in [0.15, 0.2) is 0 Å². The molecule has 144 valence electrons. The zero-order chi connectivity index (χ0) is 18.7. The van der Waals surface area contributed by atoms with Crippen LogP contribution in [0.4, 0.5) is 4.79 Å². The van der Waals surface area contributed by atoms with Crippen molar-refractivity contribution in [1.82, 2.24) is 9.80 Å². The van der Waals surface area contributed by atoms with Crippen LogP contribution < -0.4 is 0 Å². The Balaban J connectivity index is 1.81. The van der Waals surface area contributed by atoms with Crippen LogP contribution in [-0.2, 0) is 11.3 Å². The Morgan fingerprint density at radius 1 is 1.23 bits per heavy atom. The Morgan fingerprint density at radius 3 is 2.54 bits per heavy atom. The summed E-state index contributed by atoms with van der Waals surface area (Å²) >= 11 is 0. The molecule has 1 N–H and O–H groups in total. The van der Waals surface area contributed by atoms with Gasteiger partial charge in [-0.05, 0) is 45.6 Å². The number of hydrogen-bond acceptors (Lipinski definition) is 3. The van der Waals surface area contributed by atoms with Crippen molar-refractivity contribution in [1.29, 1.82) is 0 Å². The molecule has 2 aliphatic heterocycles. The topological polar surface area (TPSA) is 53.0 Å². The van der Waals surface area contributed by atoms with Crippen LogP contribution in [0.1, 0.15) is 45.6 Å². The van der Waals surface area contributed by atoms with E-state index in [2.05, 4.69) is 29.2 Å². The van der Waals surface area contributed by atoms with Gasteiger partial charge in [0, 0.05) is 37.7 Å². The number of rotatable bonds is 4. The second kappa shape index (κ2) is 7.97. The highest BCUT2D eigenvalue weighted by Crippen LogP contribution is 2.34. The number of carbonyl (C=O) groups is 1. The Kier molecular flexibility index (Phi) is 5.88. The second-order valence-corrected chi connectivity index (χ2v) is 8.64. The van der Waals surface area contributed by atoms with Crippen molar-refractivity contribution in [2.75, 3.05) is 19.7 Å². The fourth-order valence-electron chi connectivity index (χ4n) is 4.53. The number of nitrogens with zero attached hydrogens (tertiary/aromatic N) is 2. The summed E-state index contributed by atoms with van der Waals surface area (Å²) in [4.78, 5) is 16.2. The van der Waals surface area contributed by atoms with Crippen molar-refractivity contribution < 1.29 is 14.6 Å². The standard InChI is InChI=1S/C21H32N2O3/c1-21(2,3)23(20(24)25)18-15-22(13-16-9-5-4-6-10-16)14-17(18)19-11-7-8-12-26-19/h4-6,9-10,17-19H,7-8,11-15H2,1-3H3,(H,24,25). The van der Waals surface area contributed by atoms with Gasteiger partial charge >= 0.3 is 6.09 Å². The molecule has 2 saturated heterocycles. The van der Waals surface area contributed by atoms with Gasteiger partial charge in [-0.2, -0.15) is 0 Å². The van der Waals surface area contributed by atoms with E-state index < -0.39 is 11.6 Å². The molecule has 2 fully saturated rings. The van der Waals surface area contributed by atoms with Crippen molar-refractivity contribution in [3.8, 4) is 0 Å². The molecule has 0 aliphatic carbocycles. The molecule has 0 bridgehead atoms. The Bertz CT molecular complexity index is 593. The van der Waals surface area contributed by atoms with E-state index in [1.54, 1.807) is 4.90 Å². The van der Waals surface area contributed by atoms with E-state index in [4.69, 9.17) is 4.74 Å². The van der Waals surface area contributed by atoms with Crippen LogP contribution in [0, 0.1) is 5.92 Å². The van der Waals surface area contributed by atoms with E-state index in [0.29, 0.717) is 0 Å². The van der Waals surface area contributed by atoms with E-state index in [-0.39, 0.29) is 18.1 Å². The minimum Gasteiger partial charge on any atom is -0.465 e. The molecule has 3 atom stereocenters. The van der Waals surface area contributed by atoms with Crippen LogP contribution in [-0.4, -0.2) is 58.4 Å². The quantitative estimate of drug-likeness (QED) is 0.886.